The van der Waals surface area contributed by atoms with Gasteiger partial charge in [-0.15, -0.1) is 0 Å². The molecule has 0 radical (unpaired) electrons. The van der Waals surface area contributed by atoms with E-state index in [-0.39, 0.29) is 5.92 Å². The van der Waals surface area contributed by atoms with Crippen LogP contribution in [0.4, 0.5) is 0 Å². The smallest absolute Gasteiger partial charge is 0.321 e. The molecule has 5 heteroatoms. The van der Waals surface area contributed by atoms with E-state index in [2.05, 4.69) is 5.32 Å². The van der Waals surface area contributed by atoms with Crippen LogP contribution < -0.4 is 5.32 Å². The summed E-state index contributed by atoms with van der Waals surface area (Å²) in [6, 6.07) is -0.703. The predicted molar refractivity (Wildman–Crippen MR) is 44.3 cm³/mol. The minimum absolute atomic E-state index is 0.296. The molecule has 13 heavy (non-hydrogen) atoms. The normalized spacial score (nSPS) is 29.9. The lowest BCUT2D eigenvalue weighted by molar-refractivity contribution is -0.145. The summed E-state index contributed by atoms with van der Waals surface area (Å²) in [5.41, 5.74) is 0. The molecule has 1 saturated heterocycles. The first-order chi connectivity index (χ1) is 6.04. The number of carboxylic acid groups (broad SMARTS) is 2. The van der Waals surface area contributed by atoms with Crippen molar-refractivity contribution in [3.63, 3.8) is 0 Å². The fourth-order valence-corrected chi connectivity index (χ4v) is 1.72. The van der Waals surface area contributed by atoms with E-state index in [0.29, 0.717) is 13.0 Å². The molecule has 0 aliphatic carbocycles. The van der Waals surface area contributed by atoms with Crippen LogP contribution in [0.3, 0.4) is 0 Å². The molecule has 74 valence electrons. The van der Waals surface area contributed by atoms with Crippen molar-refractivity contribution in [2.45, 2.75) is 19.4 Å². The van der Waals surface area contributed by atoms with E-state index >= 15 is 0 Å². The molecule has 1 fully saturated rings. The lowest BCUT2D eigenvalue weighted by atomic mass is 9.87. The number of carboxylic acids is 2. The molecule has 0 unspecified atom stereocenters. The van der Waals surface area contributed by atoms with E-state index in [9.17, 15) is 9.59 Å². The first-order valence-electron chi connectivity index (χ1n) is 4.23. The van der Waals surface area contributed by atoms with Gasteiger partial charge in [-0.3, -0.25) is 9.59 Å². The maximum absolute atomic E-state index is 10.7. The van der Waals surface area contributed by atoms with Crippen molar-refractivity contribution in [1.29, 1.82) is 0 Å². The van der Waals surface area contributed by atoms with Crippen molar-refractivity contribution >= 4 is 11.9 Å². The summed E-state index contributed by atoms with van der Waals surface area (Å²) in [6.45, 7) is 2.13. The summed E-state index contributed by atoms with van der Waals surface area (Å²) in [6.07, 6.45) is 0.616. The largest absolute Gasteiger partial charge is 0.481 e. The SMILES string of the molecule is C[C@@H](C(=O)O)[C@H]1CCN[C@@H]1C(=O)O. The molecule has 0 spiro atoms. The van der Waals surface area contributed by atoms with Gasteiger partial charge in [-0.2, -0.15) is 0 Å². The second-order valence-electron chi connectivity index (χ2n) is 3.35. The molecule has 0 amide bonds. The van der Waals surface area contributed by atoms with E-state index in [1.165, 1.54) is 0 Å². The number of nitrogens with one attached hydrogen (secondary N) is 1. The Labute approximate surface area is 75.7 Å². The quantitative estimate of drug-likeness (QED) is 0.568. The van der Waals surface area contributed by atoms with Crippen LogP contribution >= 0.6 is 0 Å². The highest BCUT2D eigenvalue weighted by Gasteiger charge is 2.38. The number of rotatable bonds is 3. The molecule has 3 atom stereocenters. The van der Waals surface area contributed by atoms with Gasteiger partial charge in [-0.05, 0) is 18.9 Å². The molecule has 1 aliphatic heterocycles. The summed E-state index contributed by atoms with van der Waals surface area (Å²) < 4.78 is 0. The predicted octanol–water partition coefficient (Wildman–Crippen LogP) is -0.230. The first kappa shape index (κ1) is 9.98. The van der Waals surface area contributed by atoms with Crippen LogP contribution in [0, 0.1) is 11.8 Å². The van der Waals surface area contributed by atoms with Crippen LogP contribution in [0.2, 0.25) is 0 Å². The number of hydrogen-bond acceptors (Lipinski definition) is 3. The van der Waals surface area contributed by atoms with Crippen molar-refractivity contribution in [3.05, 3.63) is 0 Å². The fourth-order valence-electron chi connectivity index (χ4n) is 1.72. The third-order valence-corrected chi connectivity index (χ3v) is 2.57. The van der Waals surface area contributed by atoms with Crippen LogP contribution in [-0.2, 0) is 9.59 Å². The Morgan fingerprint density at radius 2 is 2.08 bits per heavy atom. The summed E-state index contributed by atoms with van der Waals surface area (Å²) >= 11 is 0. The van der Waals surface area contributed by atoms with Gasteiger partial charge in [0.15, 0.2) is 0 Å². The van der Waals surface area contributed by atoms with Crippen LogP contribution in [0.15, 0.2) is 0 Å². The van der Waals surface area contributed by atoms with Crippen molar-refractivity contribution < 1.29 is 19.8 Å². The highest BCUT2D eigenvalue weighted by Crippen LogP contribution is 2.24. The van der Waals surface area contributed by atoms with Gasteiger partial charge in [0, 0.05) is 0 Å². The average molecular weight is 187 g/mol. The Kier molecular flexibility index (Phi) is 2.87. The molecule has 1 aliphatic rings. The molecule has 3 N–H and O–H groups in total. The Morgan fingerprint density at radius 1 is 1.46 bits per heavy atom. The van der Waals surface area contributed by atoms with E-state index < -0.39 is 23.9 Å². The summed E-state index contributed by atoms with van der Waals surface area (Å²) in [5.74, 6) is -2.79. The third-order valence-electron chi connectivity index (χ3n) is 2.57. The zero-order valence-electron chi connectivity index (χ0n) is 7.36. The molecular weight excluding hydrogens is 174 g/mol. The molecule has 0 bridgehead atoms. The molecule has 1 heterocycles. The number of hydrogen-bond donors (Lipinski definition) is 3. The molecular formula is C8H13NO4. The van der Waals surface area contributed by atoms with Gasteiger partial charge >= 0.3 is 11.9 Å². The van der Waals surface area contributed by atoms with Gasteiger partial charge < -0.3 is 15.5 Å². The molecule has 0 aromatic heterocycles. The van der Waals surface area contributed by atoms with Gasteiger partial charge in [0.25, 0.3) is 0 Å². The maximum Gasteiger partial charge on any atom is 0.321 e. The molecule has 0 saturated carbocycles. The second kappa shape index (κ2) is 3.74. The number of carbonyl (C=O) groups is 2. The summed E-state index contributed by atoms with van der Waals surface area (Å²) in [4.78, 5) is 21.3. The molecule has 0 aromatic rings. The minimum atomic E-state index is -0.962. The molecule has 1 rings (SSSR count). The molecule has 5 nitrogen and oxygen atoms in total. The topological polar surface area (TPSA) is 86.6 Å². The van der Waals surface area contributed by atoms with Crippen LogP contribution in [0.25, 0.3) is 0 Å². The highest BCUT2D eigenvalue weighted by atomic mass is 16.4. The minimum Gasteiger partial charge on any atom is -0.481 e. The van der Waals surface area contributed by atoms with E-state index in [1.807, 2.05) is 0 Å². The zero-order valence-corrected chi connectivity index (χ0v) is 7.36. The standard InChI is InChI=1S/C8H13NO4/c1-4(7(10)11)5-2-3-9-6(5)8(12)13/h4-6,9H,2-3H2,1H3,(H,10,11)(H,12,13)/t4-,5-,6+/m1/s1. The zero-order chi connectivity index (χ0) is 10.0. The van der Waals surface area contributed by atoms with Gasteiger partial charge in [0.1, 0.15) is 6.04 Å². The first-order valence-corrected chi connectivity index (χ1v) is 4.23. The fraction of sp³-hybridized carbons (Fsp3) is 0.750. The van der Waals surface area contributed by atoms with Gasteiger partial charge in [0.05, 0.1) is 5.92 Å². The Balaban J connectivity index is 2.68. The lowest BCUT2D eigenvalue weighted by Crippen LogP contribution is -2.39. The van der Waals surface area contributed by atoms with Crippen LogP contribution in [-0.4, -0.2) is 34.7 Å². The highest BCUT2D eigenvalue weighted by molar-refractivity contribution is 5.77. The van der Waals surface area contributed by atoms with Crippen LogP contribution in [0.1, 0.15) is 13.3 Å². The van der Waals surface area contributed by atoms with E-state index in [4.69, 9.17) is 10.2 Å². The van der Waals surface area contributed by atoms with E-state index in [1.54, 1.807) is 6.92 Å². The summed E-state index contributed by atoms with van der Waals surface area (Å²) in [5, 5.41) is 20.3. The van der Waals surface area contributed by atoms with Gasteiger partial charge in [0.2, 0.25) is 0 Å². The number of aliphatic carboxylic acids is 2. The van der Waals surface area contributed by atoms with Crippen molar-refractivity contribution in [2.24, 2.45) is 11.8 Å². The van der Waals surface area contributed by atoms with Crippen molar-refractivity contribution in [1.82, 2.24) is 5.32 Å². The monoisotopic (exact) mass is 187 g/mol. The van der Waals surface area contributed by atoms with Gasteiger partial charge in [-0.1, -0.05) is 6.92 Å². The Morgan fingerprint density at radius 3 is 2.54 bits per heavy atom. The Hall–Kier alpha value is -1.10. The Bertz CT molecular complexity index is 228. The lowest BCUT2D eigenvalue weighted by Gasteiger charge is -2.18. The van der Waals surface area contributed by atoms with Gasteiger partial charge in [-0.25, -0.2) is 0 Å². The molecule has 0 aromatic carbocycles. The van der Waals surface area contributed by atoms with Crippen LogP contribution in [0.5, 0.6) is 0 Å². The van der Waals surface area contributed by atoms with Crippen molar-refractivity contribution in [3.8, 4) is 0 Å². The third kappa shape index (κ3) is 1.98. The van der Waals surface area contributed by atoms with E-state index in [0.717, 1.165) is 0 Å². The van der Waals surface area contributed by atoms with Crippen molar-refractivity contribution in [2.75, 3.05) is 6.54 Å². The summed E-state index contributed by atoms with van der Waals surface area (Å²) in [7, 11) is 0. The maximum atomic E-state index is 10.7. The second-order valence-corrected chi connectivity index (χ2v) is 3.35. The average Bonchev–Trinajstić information content (AvgIpc) is 2.50.